The van der Waals surface area contributed by atoms with Gasteiger partial charge in [-0.3, -0.25) is 4.79 Å². The fraction of sp³-hybridized carbons (Fsp3) is 0.923. The molecule has 0 aromatic carbocycles. The van der Waals surface area contributed by atoms with Crippen LogP contribution in [0.25, 0.3) is 0 Å². The van der Waals surface area contributed by atoms with Crippen molar-refractivity contribution in [2.75, 3.05) is 6.54 Å². The molecule has 1 aliphatic heterocycles. The second kappa shape index (κ2) is 4.74. The minimum atomic E-state index is 0.217. The zero-order valence-corrected chi connectivity index (χ0v) is 10.5. The highest BCUT2D eigenvalue weighted by Gasteiger charge is 2.36. The molecular weight excluding hydrogens is 200 g/mol. The molecule has 3 nitrogen and oxygen atoms in total. The topological polar surface area (TPSA) is 46.3 Å². The van der Waals surface area contributed by atoms with Crippen molar-refractivity contribution in [2.45, 2.75) is 58.0 Å². The standard InChI is InChI=1S/C13H24N2O/c1-9(2)12-4-3-7-15(12)13(16)10-5-6-11(14)8-10/h9-12H,3-8,14H2,1-2H3. The van der Waals surface area contributed by atoms with Crippen LogP contribution in [-0.2, 0) is 4.79 Å². The third kappa shape index (κ3) is 2.24. The van der Waals surface area contributed by atoms with Crippen LogP contribution in [0.2, 0.25) is 0 Å². The van der Waals surface area contributed by atoms with Crippen molar-refractivity contribution in [3.05, 3.63) is 0 Å². The highest BCUT2D eigenvalue weighted by Crippen LogP contribution is 2.31. The number of likely N-dealkylation sites (tertiary alicyclic amines) is 1. The van der Waals surface area contributed by atoms with Gasteiger partial charge in [-0.15, -0.1) is 0 Å². The van der Waals surface area contributed by atoms with Gasteiger partial charge in [0, 0.05) is 24.5 Å². The Hall–Kier alpha value is -0.570. The van der Waals surface area contributed by atoms with Crippen LogP contribution in [0, 0.1) is 11.8 Å². The van der Waals surface area contributed by atoms with Crippen LogP contribution < -0.4 is 5.73 Å². The zero-order valence-electron chi connectivity index (χ0n) is 10.5. The van der Waals surface area contributed by atoms with Crippen LogP contribution in [0.15, 0.2) is 0 Å². The molecule has 0 spiro atoms. The number of amides is 1. The minimum absolute atomic E-state index is 0.217. The molecule has 0 aromatic heterocycles. The SMILES string of the molecule is CC(C)C1CCCN1C(=O)C1CCC(N)C1. The zero-order chi connectivity index (χ0) is 11.7. The second-order valence-electron chi connectivity index (χ2n) is 5.76. The van der Waals surface area contributed by atoms with Gasteiger partial charge in [-0.25, -0.2) is 0 Å². The third-order valence-corrected chi connectivity index (χ3v) is 4.17. The summed E-state index contributed by atoms with van der Waals surface area (Å²) >= 11 is 0. The molecule has 2 N–H and O–H groups in total. The van der Waals surface area contributed by atoms with Crippen molar-refractivity contribution in [1.82, 2.24) is 4.90 Å². The molecule has 3 atom stereocenters. The summed E-state index contributed by atoms with van der Waals surface area (Å²) in [6.07, 6.45) is 5.29. The van der Waals surface area contributed by atoms with Crippen molar-refractivity contribution in [2.24, 2.45) is 17.6 Å². The van der Waals surface area contributed by atoms with E-state index in [9.17, 15) is 4.79 Å². The van der Waals surface area contributed by atoms with Crippen molar-refractivity contribution in [3.8, 4) is 0 Å². The highest BCUT2D eigenvalue weighted by atomic mass is 16.2. The molecule has 1 saturated carbocycles. The average Bonchev–Trinajstić information content (AvgIpc) is 2.84. The number of hydrogen-bond donors (Lipinski definition) is 1. The number of rotatable bonds is 2. The normalized spacial score (nSPS) is 35.0. The van der Waals surface area contributed by atoms with Gasteiger partial charge in [-0.05, 0) is 38.0 Å². The van der Waals surface area contributed by atoms with E-state index in [4.69, 9.17) is 5.73 Å². The molecule has 1 saturated heterocycles. The van der Waals surface area contributed by atoms with Crippen LogP contribution >= 0.6 is 0 Å². The number of nitrogens with zero attached hydrogens (tertiary/aromatic N) is 1. The summed E-state index contributed by atoms with van der Waals surface area (Å²) in [5.41, 5.74) is 5.89. The Morgan fingerprint density at radius 3 is 2.62 bits per heavy atom. The monoisotopic (exact) mass is 224 g/mol. The summed E-state index contributed by atoms with van der Waals surface area (Å²) < 4.78 is 0. The van der Waals surface area contributed by atoms with Crippen molar-refractivity contribution >= 4 is 5.91 Å². The van der Waals surface area contributed by atoms with E-state index in [1.54, 1.807) is 0 Å². The van der Waals surface area contributed by atoms with E-state index >= 15 is 0 Å². The summed E-state index contributed by atoms with van der Waals surface area (Å²) in [7, 11) is 0. The highest BCUT2D eigenvalue weighted by molar-refractivity contribution is 5.79. The molecule has 3 heteroatoms. The van der Waals surface area contributed by atoms with E-state index in [-0.39, 0.29) is 12.0 Å². The Labute approximate surface area is 98.4 Å². The first kappa shape index (κ1) is 11.9. The van der Waals surface area contributed by atoms with Crippen LogP contribution in [0.1, 0.15) is 46.0 Å². The van der Waals surface area contributed by atoms with Crippen LogP contribution in [0.4, 0.5) is 0 Å². The predicted octanol–water partition coefficient (Wildman–Crippen LogP) is 1.76. The largest absolute Gasteiger partial charge is 0.339 e. The maximum absolute atomic E-state index is 12.4. The molecule has 16 heavy (non-hydrogen) atoms. The van der Waals surface area contributed by atoms with E-state index in [1.807, 2.05) is 0 Å². The van der Waals surface area contributed by atoms with Crippen LogP contribution in [-0.4, -0.2) is 29.4 Å². The molecule has 0 radical (unpaired) electrons. The van der Waals surface area contributed by atoms with Gasteiger partial charge in [0.25, 0.3) is 0 Å². The molecule has 1 aliphatic carbocycles. The van der Waals surface area contributed by atoms with Gasteiger partial charge in [-0.1, -0.05) is 13.8 Å². The minimum Gasteiger partial charge on any atom is -0.339 e. The van der Waals surface area contributed by atoms with E-state index in [1.165, 1.54) is 12.8 Å². The summed E-state index contributed by atoms with van der Waals surface area (Å²) in [5, 5.41) is 0. The molecule has 1 heterocycles. The molecule has 2 rings (SSSR count). The Kier molecular flexibility index (Phi) is 3.53. The molecule has 2 aliphatic rings. The number of carbonyl (C=O) groups excluding carboxylic acids is 1. The second-order valence-corrected chi connectivity index (χ2v) is 5.76. The fourth-order valence-corrected chi connectivity index (χ4v) is 3.23. The lowest BCUT2D eigenvalue weighted by Gasteiger charge is -2.30. The smallest absolute Gasteiger partial charge is 0.225 e. The van der Waals surface area contributed by atoms with E-state index < -0.39 is 0 Å². The van der Waals surface area contributed by atoms with E-state index in [2.05, 4.69) is 18.7 Å². The van der Waals surface area contributed by atoms with E-state index in [0.717, 1.165) is 25.8 Å². The average molecular weight is 224 g/mol. The van der Waals surface area contributed by atoms with Gasteiger partial charge < -0.3 is 10.6 Å². The Balaban J connectivity index is 1.98. The first-order valence-corrected chi connectivity index (χ1v) is 6.65. The van der Waals surface area contributed by atoms with E-state index in [0.29, 0.717) is 17.9 Å². The lowest BCUT2D eigenvalue weighted by Crippen LogP contribution is -2.41. The molecule has 92 valence electrons. The lowest BCUT2D eigenvalue weighted by atomic mass is 9.99. The third-order valence-electron chi connectivity index (χ3n) is 4.17. The molecule has 3 unspecified atom stereocenters. The van der Waals surface area contributed by atoms with Gasteiger partial charge in [0.15, 0.2) is 0 Å². The first-order chi connectivity index (χ1) is 7.59. The van der Waals surface area contributed by atoms with Crippen LogP contribution in [0.5, 0.6) is 0 Å². The summed E-state index contributed by atoms with van der Waals surface area (Å²) in [6, 6.07) is 0.735. The van der Waals surface area contributed by atoms with Crippen molar-refractivity contribution < 1.29 is 4.79 Å². The summed E-state index contributed by atoms with van der Waals surface area (Å²) in [6.45, 7) is 5.40. The number of nitrogens with two attached hydrogens (primary N) is 1. The molecule has 0 aromatic rings. The quantitative estimate of drug-likeness (QED) is 0.777. The van der Waals surface area contributed by atoms with Gasteiger partial charge in [0.2, 0.25) is 5.91 Å². The number of carbonyl (C=O) groups is 1. The van der Waals surface area contributed by atoms with Gasteiger partial charge in [0.05, 0.1) is 0 Å². The van der Waals surface area contributed by atoms with Gasteiger partial charge >= 0.3 is 0 Å². The molecule has 1 amide bonds. The first-order valence-electron chi connectivity index (χ1n) is 6.65. The van der Waals surface area contributed by atoms with Crippen molar-refractivity contribution in [3.63, 3.8) is 0 Å². The Morgan fingerprint density at radius 2 is 2.06 bits per heavy atom. The maximum atomic E-state index is 12.4. The Bertz CT molecular complexity index is 265. The lowest BCUT2D eigenvalue weighted by molar-refractivity contribution is -0.137. The van der Waals surface area contributed by atoms with Crippen molar-refractivity contribution in [1.29, 1.82) is 0 Å². The van der Waals surface area contributed by atoms with Gasteiger partial charge in [-0.2, -0.15) is 0 Å². The molecule has 0 bridgehead atoms. The molecular formula is C13H24N2O. The summed E-state index contributed by atoms with van der Waals surface area (Å²) in [5.74, 6) is 1.18. The predicted molar refractivity (Wildman–Crippen MR) is 64.9 cm³/mol. The molecule has 2 fully saturated rings. The number of hydrogen-bond acceptors (Lipinski definition) is 2. The maximum Gasteiger partial charge on any atom is 0.225 e. The Morgan fingerprint density at radius 1 is 1.31 bits per heavy atom. The summed E-state index contributed by atoms with van der Waals surface area (Å²) in [4.78, 5) is 14.5. The van der Waals surface area contributed by atoms with Crippen LogP contribution in [0.3, 0.4) is 0 Å². The fourth-order valence-electron chi connectivity index (χ4n) is 3.23. The van der Waals surface area contributed by atoms with Gasteiger partial charge in [0.1, 0.15) is 0 Å².